The van der Waals surface area contributed by atoms with Crippen molar-refractivity contribution in [1.29, 1.82) is 0 Å². The third-order valence-electron chi connectivity index (χ3n) is 2.45. The van der Waals surface area contributed by atoms with Crippen molar-refractivity contribution < 1.29 is 9.59 Å². The Balaban J connectivity index is 1.88. The zero-order valence-corrected chi connectivity index (χ0v) is 10.4. The van der Waals surface area contributed by atoms with Crippen LogP contribution in [0.3, 0.4) is 0 Å². The first-order chi connectivity index (χ1) is 8.56. The van der Waals surface area contributed by atoms with Crippen molar-refractivity contribution in [3.63, 3.8) is 0 Å². The Morgan fingerprint density at radius 2 is 1.72 bits per heavy atom. The zero-order valence-electron chi connectivity index (χ0n) is 9.63. The minimum absolute atomic E-state index is 0.117. The predicted octanol–water partition coefficient (Wildman–Crippen LogP) is -0.118. The minimum Gasteiger partial charge on any atom is -0.383 e. The lowest BCUT2D eigenvalue weighted by Crippen LogP contribution is -2.31. The highest BCUT2D eigenvalue weighted by Gasteiger charge is 2.28. The summed E-state index contributed by atoms with van der Waals surface area (Å²) in [6.45, 7) is 0.362. The molecule has 2 heterocycles. The fourth-order valence-corrected chi connectivity index (χ4v) is 2.42. The molecule has 0 spiro atoms. The number of amides is 2. The van der Waals surface area contributed by atoms with E-state index in [0.717, 1.165) is 0 Å². The van der Waals surface area contributed by atoms with Gasteiger partial charge in [-0.25, -0.2) is 9.97 Å². The number of likely N-dealkylation sites (tertiary alicyclic amines) is 1. The van der Waals surface area contributed by atoms with Gasteiger partial charge in [-0.05, 0) is 0 Å². The van der Waals surface area contributed by atoms with Crippen molar-refractivity contribution in [2.24, 2.45) is 0 Å². The van der Waals surface area contributed by atoms with Crippen molar-refractivity contribution in [1.82, 2.24) is 14.9 Å². The number of thioether (sulfide) groups is 1. The Labute approximate surface area is 108 Å². The van der Waals surface area contributed by atoms with Gasteiger partial charge in [0.15, 0.2) is 5.16 Å². The lowest BCUT2D eigenvalue weighted by atomic mass is 10.4. The molecule has 1 fully saturated rings. The zero-order chi connectivity index (χ0) is 13.1. The number of nitrogens with zero attached hydrogens (tertiary/aromatic N) is 3. The lowest BCUT2D eigenvalue weighted by molar-refractivity contribution is -0.137. The highest BCUT2D eigenvalue weighted by Crippen LogP contribution is 2.18. The summed E-state index contributed by atoms with van der Waals surface area (Å²) in [5.74, 6) is 0.902. The molecule has 7 nitrogen and oxygen atoms in total. The molecule has 0 saturated carbocycles. The SMILES string of the molecule is Nc1cc(N)nc(SCCN2C(=O)CCC2=O)n1. The van der Waals surface area contributed by atoms with Crippen LogP contribution in [0.4, 0.5) is 11.6 Å². The molecule has 0 aromatic carbocycles. The third-order valence-corrected chi connectivity index (χ3v) is 3.27. The first-order valence-electron chi connectivity index (χ1n) is 5.42. The molecule has 1 aliphatic rings. The van der Waals surface area contributed by atoms with Gasteiger partial charge < -0.3 is 11.5 Å². The van der Waals surface area contributed by atoms with Gasteiger partial charge in [0.25, 0.3) is 0 Å². The molecular weight excluding hydrogens is 254 g/mol. The molecule has 0 radical (unpaired) electrons. The summed E-state index contributed by atoms with van der Waals surface area (Å²) in [4.78, 5) is 32.0. The number of aromatic nitrogens is 2. The summed E-state index contributed by atoms with van der Waals surface area (Å²) < 4.78 is 0. The maximum absolute atomic E-state index is 11.4. The molecule has 4 N–H and O–H groups in total. The van der Waals surface area contributed by atoms with E-state index < -0.39 is 0 Å². The van der Waals surface area contributed by atoms with E-state index in [4.69, 9.17) is 11.5 Å². The van der Waals surface area contributed by atoms with Gasteiger partial charge in [0, 0.05) is 31.2 Å². The molecule has 1 saturated heterocycles. The van der Waals surface area contributed by atoms with E-state index in [0.29, 0.717) is 41.9 Å². The molecule has 1 aromatic heterocycles. The molecular formula is C10H13N5O2S. The van der Waals surface area contributed by atoms with Crippen LogP contribution in [0, 0.1) is 0 Å². The lowest BCUT2D eigenvalue weighted by Gasteiger charge is -2.12. The first-order valence-corrected chi connectivity index (χ1v) is 6.41. The number of imide groups is 1. The van der Waals surface area contributed by atoms with E-state index in [1.54, 1.807) is 0 Å². The van der Waals surface area contributed by atoms with Crippen LogP contribution in [0.1, 0.15) is 12.8 Å². The molecule has 2 rings (SSSR count). The Bertz CT molecular complexity index is 457. The largest absolute Gasteiger partial charge is 0.383 e. The van der Waals surface area contributed by atoms with Crippen LogP contribution in [0.5, 0.6) is 0 Å². The topological polar surface area (TPSA) is 115 Å². The summed E-state index contributed by atoms with van der Waals surface area (Å²) in [7, 11) is 0. The van der Waals surface area contributed by atoms with Gasteiger partial charge in [0.1, 0.15) is 11.6 Å². The van der Waals surface area contributed by atoms with Crippen LogP contribution in [-0.4, -0.2) is 39.0 Å². The van der Waals surface area contributed by atoms with Crippen LogP contribution in [-0.2, 0) is 9.59 Å². The molecule has 0 aliphatic carbocycles. The molecule has 1 aliphatic heterocycles. The van der Waals surface area contributed by atoms with Crippen LogP contribution in [0.2, 0.25) is 0 Å². The molecule has 0 bridgehead atoms. The summed E-state index contributed by atoms with van der Waals surface area (Å²) in [6, 6.07) is 1.47. The average Bonchev–Trinajstić information content (AvgIpc) is 2.59. The number of rotatable bonds is 4. The van der Waals surface area contributed by atoms with Gasteiger partial charge in [-0.15, -0.1) is 0 Å². The van der Waals surface area contributed by atoms with E-state index in [1.165, 1.54) is 22.7 Å². The van der Waals surface area contributed by atoms with E-state index in [-0.39, 0.29) is 11.8 Å². The third kappa shape index (κ3) is 2.89. The number of hydrogen-bond donors (Lipinski definition) is 2. The maximum atomic E-state index is 11.4. The smallest absolute Gasteiger partial charge is 0.229 e. The highest BCUT2D eigenvalue weighted by molar-refractivity contribution is 7.99. The van der Waals surface area contributed by atoms with Gasteiger partial charge in [-0.3, -0.25) is 14.5 Å². The van der Waals surface area contributed by atoms with Crippen molar-refractivity contribution >= 4 is 35.2 Å². The van der Waals surface area contributed by atoms with Crippen LogP contribution < -0.4 is 11.5 Å². The van der Waals surface area contributed by atoms with E-state index in [2.05, 4.69) is 9.97 Å². The summed E-state index contributed by atoms with van der Waals surface area (Å²) in [6.07, 6.45) is 0.621. The Morgan fingerprint density at radius 1 is 1.17 bits per heavy atom. The maximum Gasteiger partial charge on any atom is 0.229 e. The van der Waals surface area contributed by atoms with Crippen LogP contribution in [0.15, 0.2) is 11.2 Å². The number of carbonyl (C=O) groups is 2. The van der Waals surface area contributed by atoms with Crippen molar-refractivity contribution in [3.05, 3.63) is 6.07 Å². The molecule has 8 heteroatoms. The summed E-state index contributed by atoms with van der Waals surface area (Å²) in [5, 5.41) is 0.451. The van der Waals surface area contributed by atoms with Gasteiger partial charge >= 0.3 is 0 Å². The van der Waals surface area contributed by atoms with E-state index in [9.17, 15) is 9.59 Å². The van der Waals surface area contributed by atoms with Gasteiger partial charge in [0.2, 0.25) is 11.8 Å². The molecule has 2 amide bonds. The average molecular weight is 267 g/mol. The summed E-state index contributed by atoms with van der Waals surface area (Å²) in [5.41, 5.74) is 11.1. The van der Waals surface area contributed by atoms with E-state index >= 15 is 0 Å². The second-order valence-corrected chi connectivity index (χ2v) is 4.85. The normalized spacial score (nSPS) is 15.4. The van der Waals surface area contributed by atoms with E-state index in [1.807, 2.05) is 0 Å². The number of anilines is 2. The van der Waals surface area contributed by atoms with Crippen molar-refractivity contribution in [2.45, 2.75) is 18.0 Å². The number of nitrogen functional groups attached to an aromatic ring is 2. The minimum atomic E-state index is -0.117. The second-order valence-electron chi connectivity index (χ2n) is 3.79. The fraction of sp³-hybridized carbons (Fsp3) is 0.400. The number of carbonyl (C=O) groups excluding carboxylic acids is 2. The molecule has 96 valence electrons. The summed E-state index contributed by atoms with van der Waals surface area (Å²) >= 11 is 1.31. The van der Waals surface area contributed by atoms with Crippen molar-refractivity contribution in [3.8, 4) is 0 Å². The second kappa shape index (κ2) is 5.21. The highest BCUT2D eigenvalue weighted by atomic mass is 32.2. The predicted molar refractivity (Wildman–Crippen MR) is 67.5 cm³/mol. The number of nitrogens with two attached hydrogens (primary N) is 2. The van der Waals surface area contributed by atoms with Gasteiger partial charge in [0.05, 0.1) is 0 Å². The Kier molecular flexibility index (Phi) is 3.66. The van der Waals surface area contributed by atoms with Gasteiger partial charge in [-0.1, -0.05) is 11.8 Å². The Hall–Kier alpha value is -1.83. The van der Waals surface area contributed by atoms with Crippen molar-refractivity contribution in [2.75, 3.05) is 23.8 Å². The molecule has 1 aromatic rings. The molecule has 0 unspecified atom stereocenters. The van der Waals surface area contributed by atoms with Crippen LogP contribution in [0.25, 0.3) is 0 Å². The molecule has 0 atom stereocenters. The first kappa shape index (κ1) is 12.6. The quantitative estimate of drug-likeness (QED) is 0.444. The molecule has 18 heavy (non-hydrogen) atoms. The van der Waals surface area contributed by atoms with Gasteiger partial charge in [-0.2, -0.15) is 0 Å². The fourth-order valence-electron chi connectivity index (χ4n) is 1.63. The van der Waals surface area contributed by atoms with Crippen LogP contribution >= 0.6 is 11.8 Å². The monoisotopic (exact) mass is 267 g/mol. The standard InChI is InChI=1S/C10H13N5O2S/c11-6-5-7(12)14-10(13-6)18-4-3-15-8(16)1-2-9(15)17/h5H,1-4H2,(H4,11,12,13,14). The Morgan fingerprint density at radius 3 is 2.28 bits per heavy atom. The number of hydrogen-bond acceptors (Lipinski definition) is 7.